The first-order valence-corrected chi connectivity index (χ1v) is 4.96. The highest BCUT2D eigenvalue weighted by Crippen LogP contribution is 2.33. The van der Waals surface area contributed by atoms with E-state index >= 15 is 0 Å². The molecule has 0 spiro atoms. The number of halogens is 4. The number of ether oxygens (including phenoxy) is 1. The van der Waals surface area contributed by atoms with Gasteiger partial charge < -0.3 is 9.84 Å². The molecule has 0 fully saturated rings. The van der Waals surface area contributed by atoms with E-state index < -0.39 is 12.1 Å². The van der Waals surface area contributed by atoms with Crippen molar-refractivity contribution in [1.29, 1.82) is 0 Å². The predicted octanol–water partition coefficient (Wildman–Crippen LogP) is 2.89. The highest BCUT2D eigenvalue weighted by atomic mass is 79.9. The molecule has 1 aromatic rings. The lowest BCUT2D eigenvalue weighted by Gasteiger charge is -2.14. The van der Waals surface area contributed by atoms with Crippen molar-refractivity contribution in [2.75, 3.05) is 0 Å². The van der Waals surface area contributed by atoms with Crippen molar-refractivity contribution < 1.29 is 23.0 Å². The molecule has 0 unspecified atom stereocenters. The summed E-state index contributed by atoms with van der Waals surface area (Å²) in [7, 11) is 0. The van der Waals surface area contributed by atoms with Crippen molar-refractivity contribution in [3.05, 3.63) is 17.5 Å². The third-order valence-corrected chi connectivity index (χ3v) is 2.21. The van der Waals surface area contributed by atoms with E-state index in [9.17, 15) is 18.3 Å². The Hall–Kier alpha value is -0.980. The van der Waals surface area contributed by atoms with Gasteiger partial charge in [-0.1, -0.05) is 15.9 Å². The van der Waals surface area contributed by atoms with E-state index in [1.165, 1.54) is 6.92 Å². The Morgan fingerprint density at radius 3 is 2.60 bits per heavy atom. The SMILES string of the molecule is Cc1c(O)cnc(CBr)c1OC(F)(F)F. The van der Waals surface area contributed by atoms with Crippen molar-refractivity contribution >= 4 is 15.9 Å². The van der Waals surface area contributed by atoms with Crippen LogP contribution in [0.25, 0.3) is 0 Å². The van der Waals surface area contributed by atoms with Gasteiger partial charge in [0.25, 0.3) is 0 Å². The van der Waals surface area contributed by atoms with E-state index in [1.54, 1.807) is 0 Å². The third kappa shape index (κ3) is 2.98. The quantitative estimate of drug-likeness (QED) is 0.850. The van der Waals surface area contributed by atoms with E-state index in [4.69, 9.17) is 0 Å². The molecule has 1 heterocycles. The summed E-state index contributed by atoms with van der Waals surface area (Å²) in [5, 5.41) is 9.30. The summed E-state index contributed by atoms with van der Waals surface area (Å²) in [5.74, 6) is -0.793. The number of hydrogen-bond donors (Lipinski definition) is 1. The van der Waals surface area contributed by atoms with E-state index in [0.29, 0.717) is 0 Å². The molecular formula is C8H7BrF3NO2. The number of aromatic hydroxyl groups is 1. The third-order valence-electron chi connectivity index (χ3n) is 1.67. The van der Waals surface area contributed by atoms with E-state index in [0.717, 1.165) is 6.20 Å². The number of aromatic nitrogens is 1. The first kappa shape index (κ1) is 12.1. The van der Waals surface area contributed by atoms with Crippen LogP contribution in [0, 0.1) is 6.92 Å². The van der Waals surface area contributed by atoms with Gasteiger partial charge in [0.15, 0.2) is 5.75 Å². The molecule has 0 radical (unpaired) electrons. The summed E-state index contributed by atoms with van der Waals surface area (Å²) in [6, 6.07) is 0. The van der Waals surface area contributed by atoms with Crippen LogP contribution < -0.4 is 4.74 Å². The van der Waals surface area contributed by atoms with Crippen LogP contribution in [-0.2, 0) is 5.33 Å². The molecule has 0 saturated heterocycles. The normalized spacial score (nSPS) is 11.5. The van der Waals surface area contributed by atoms with Gasteiger partial charge in [-0.25, -0.2) is 0 Å². The maximum atomic E-state index is 12.0. The van der Waals surface area contributed by atoms with E-state index in [-0.39, 0.29) is 22.3 Å². The standard InChI is InChI=1S/C8H7BrF3NO2/c1-4-6(14)3-13-5(2-9)7(4)15-8(10,11)12/h3,14H,2H2,1H3. The van der Waals surface area contributed by atoms with Gasteiger partial charge in [-0.2, -0.15) is 0 Å². The molecule has 84 valence electrons. The number of hydrogen-bond acceptors (Lipinski definition) is 3. The Bertz CT molecular complexity index is 368. The Morgan fingerprint density at radius 1 is 1.53 bits per heavy atom. The summed E-state index contributed by atoms with van der Waals surface area (Å²) in [6.07, 6.45) is -3.72. The first-order chi connectivity index (χ1) is 6.85. The van der Waals surface area contributed by atoms with Crippen LogP contribution in [0.15, 0.2) is 6.20 Å². The average Bonchev–Trinajstić information content (AvgIpc) is 2.11. The molecule has 0 aromatic carbocycles. The largest absolute Gasteiger partial charge is 0.573 e. The van der Waals surface area contributed by atoms with E-state index in [2.05, 4.69) is 25.7 Å². The summed E-state index contributed by atoms with van der Waals surface area (Å²) in [5.41, 5.74) is 0.0967. The molecular weight excluding hydrogens is 279 g/mol. The lowest BCUT2D eigenvalue weighted by molar-refractivity contribution is -0.275. The van der Waals surface area contributed by atoms with Crippen LogP contribution in [0.2, 0.25) is 0 Å². The van der Waals surface area contributed by atoms with Crippen molar-refractivity contribution in [2.45, 2.75) is 18.6 Å². The molecule has 0 aliphatic carbocycles. The zero-order chi connectivity index (χ0) is 11.6. The lowest BCUT2D eigenvalue weighted by Crippen LogP contribution is -2.19. The molecule has 7 heteroatoms. The molecule has 1 N–H and O–H groups in total. The Morgan fingerprint density at radius 2 is 2.13 bits per heavy atom. The van der Waals surface area contributed by atoms with Gasteiger partial charge in [0, 0.05) is 10.9 Å². The van der Waals surface area contributed by atoms with Crippen molar-refractivity contribution in [3.8, 4) is 11.5 Å². The van der Waals surface area contributed by atoms with Gasteiger partial charge in [-0.3, -0.25) is 4.98 Å². The number of pyridine rings is 1. The van der Waals surface area contributed by atoms with Gasteiger partial charge >= 0.3 is 6.36 Å². The highest BCUT2D eigenvalue weighted by molar-refractivity contribution is 9.08. The number of rotatable bonds is 2. The Balaban J connectivity index is 3.18. The second-order valence-electron chi connectivity index (χ2n) is 2.73. The molecule has 0 amide bonds. The Labute approximate surface area is 92.0 Å². The summed E-state index contributed by atoms with van der Waals surface area (Å²) >= 11 is 2.98. The van der Waals surface area contributed by atoms with Gasteiger partial charge in [-0.05, 0) is 6.92 Å². The molecule has 15 heavy (non-hydrogen) atoms. The van der Waals surface area contributed by atoms with Crippen LogP contribution in [0.5, 0.6) is 11.5 Å². The maximum Gasteiger partial charge on any atom is 0.573 e. The van der Waals surface area contributed by atoms with Gasteiger partial charge in [-0.15, -0.1) is 13.2 Å². The maximum absolute atomic E-state index is 12.0. The molecule has 0 saturated carbocycles. The monoisotopic (exact) mass is 285 g/mol. The molecule has 3 nitrogen and oxygen atoms in total. The first-order valence-electron chi connectivity index (χ1n) is 3.84. The zero-order valence-electron chi connectivity index (χ0n) is 7.60. The predicted molar refractivity (Wildman–Crippen MR) is 50.0 cm³/mol. The fourth-order valence-corrected chi connectivity index (χ4v) is 1.37. The van der Waals surface area contributed by atoms with Crippen molar-refractivity contribution in [1.82, 2.24) is 4.98 Å². The fourth-order valence-electron chi connectivity index (χ4n) is 0.974. The molecule has 0 bridgehead atoms. The summed E-state index contributed by atoms with van der Waals surface area (Å²) in [4.78, 5) is 3.62. The number of alkyl halides is 4. The minimum Gasteiger partial charge on any atom is -0.506 e. The van der Waals surface area contributed by atoms with Crippen LogP contribution in [0.4, 0.5) is 13.2 Å². The van der Waals surface area contributed by atoms with Crippen molar-refractivity contribution in [3.63, 3.8) is 0 Å². The average molecular weight is 286 g/mol. The molecule has 1 rings (SSSR count). The van der Waals surface area contributed by atoms with Crippen LogP contribution in [0.1, 0.15) is 11.3 Å². The van der Waals surface area contributed by atoms with Gasteiger partial charge in [0.2, 0.25) is 0 Å². The molecule has 1 aromatic heterocycles. The minimum atomic E-state index is -4.79. The summed E-state index contributed by atoms with van der Waals surface area (Å²) < 4.78 is 39.9. The zero-order valence-corrected chi connectivity index (χ0v) is 9.18. The van der Waals surface area contributed by atoms with Crippen LogP contribution in [-0.4, -0.2) is 16.5 Å². The Kier molecular flexibility index (Phi) is 3.43. The minimum absolute atomic E-state index is 0.0109. The lowest BCUT2D eigenvalue weighted by atomic mass is 10.2. The van der Waals surface area contributed by atoms with Crippen LogP contribution in [0.3, 0.4) is 0 Å². The second-order valence-corrected chi connectivity index (χ2v) is 3.29. The second kappa shape index (κ2) is 4.26. The van der Waals surface area contributed by atoms with Gasteiger partial charge in [0.1, 0.15) is 5.75 Å². The summed E-state index contributed by atoms with van der Waals surface area (Å²) in [6.45, 7) is 1.32. The van der Waals surface area contributed by atoms with E-state index in [1.807, 2.05) is 0 Å². The van der Waals surface area contributed by atoms with Crippen LogP contribution >= 0.6 is 15.9 Å². The number of nitrogens with zero attached hydrogens (tertiary/aromatic N) is 1. The topological polar surface area (TPSA) is 42.4 Å². The molecule has 0 aliphatic rings. The fraction of sp³-hybridized carbons (Fsp3) is 0.375. The molecule has 0 aliphatic heterocycles. The smallest absolute Gasteiger partial charge is 0.506 e. The molecule has 0 atom stereocenters. The van der Waals surface area contributed by atoms with Gasteiger partial charge in [0.05, 0.1) is 11.9 Å². The highest BCUT2D eigenvalue weighted by Gasteiger charge is 2.33. The van der Waals surface area contributed by atoms with Crippen molar-refractivity contribution in [2.24, 2.45) is 0 Å².